The second kappa shape index (κ2) is 9.38. The Kier molecular flexibility index (Phi) is 7.49. The van der Waals surface area contributed by atoms with E-state index in [0.29, 0.717) is 38.8 Å². The van der Waals surface area contributed by atoms with Crippen LogP contribution in [0.4, 0.5) is 4.79 Å². The van der Waals surface area contributed by atoms with Gasteiger partial charge in [-0.2, -0.15) is 0 Å². The van der Waals surface area contributed by atoms with Crippen LogP contribution in [-0.4, -0.2) is 56.5 Å². The first-order chi connectivity index (χ1) is 11.9. The Morgan fingerprint density at radius 2 is 1.88 bits per heavy atom. The zero-order chi connectivity index (χ0) is 18.3. The predicted molar refractivity (Wildman–Crippen MR) is 95.8 cm³/mol. The fourth-order valence-electron chi connectivity index (χ4n) is 3.58. The van der Waals surface area contributed by atoms with Crippen LogP contribution in [0.15, 0.2) is 0 Å². The van der Waals surface area contributed by atoms with Gasteiger partial charge >= 0.3 is 6.03 Å². The molecule has 0 bridgehead atoms. The van der Waals surface area contributed by atoms with Crippen LogP contribution in [0.2, 0.25) is 0 Å². The van der Waals surface area contributed by atoms with Crippen molar-refractivity contribution in [2.24, 2.45) is 5.73 Å². The maximum Gasteiger partial charge on any atom is 0.315 e. The van der Waals surface area contributed by atoms with E-state index >= 15 is 0 Å². The number of unbranched alkanes of at least 4 members (excludes halogenated alkanes) is 4. The van der Waals surface area contributed by atoms with Crippen molar-refractivity contribution in [3.63, 3.8) is 0 Å². The molecule has 0 aromatic carbocycles. The average molecular weight is 375 g/mol. The van der Waals surface area contributed by atoms with Gasteiger partial charge in [0.1, 0.15) is 0 Å². The van der Waals surface area contributed by atoms with E-state index in [1.807, 2.05) is 0 Å². The number of hydrogen-bond donors (Lipinski definition) is 4. The smallest absolute Gasteiger partial charge is 0.315 e. The molecule has 9 heteroatoms. The summed E-state index contributed by atoms with van der Waals surface area (Å²) in [4.78, 5) is 23.1. The number of rotatable bonds is 11. The fraction of sp³-hybridized carbons (Fsp3) is 0.875. The van der Waals surface area contributed by atoms with Gasteiger partial charge in [-0.25, -0.2) is 13.2 Å². The average Bonchev–Trinajstić information content (AvgIpc) is 2.99. The summed E-state index contributed by atoms with van der Waals surface area (Å²) < 4.78 is 24.4. The van der Waals surface area contributed by atoms with E-state index in [2.05, 4.69) is 16.0 Å². The van der Waals surface area contributed by atoms with Crippen molar-refractivity contribution in [3.05, 3.63) is 0 Å². The van der Waals surface area contributed by atoms with Crippen molar-refractivity contribution < 1.29 is 18.0 Å². The van der Waals surface area contributed by atoms with Crippen molar-refractivity contribution >= 4 is 21.8 Å². The van der Waals surface area contributed by atoms with Gasteiger partial charge in [-0.05, 0) is 32.2 Å². The van der Waals surface area contributed by atoms with Gasteiger partial charge in [0.05, 0.1) is 23.1 Å². The molecule has 3 amide bonds. The van der Waals surface area contributed by atoms with Crippen LogP contribution in [0.1, 0.15) is 51.4 Å². The molecule has 2 rings (SSSR count). The molecule has 0 aliphatic carbocycles. The molecule has 2 aliphatic rings. The summed E-state index contributed by atoms with van der Waals surface area (Å²) in [5.74, 6) is 0.0212. The second-order valence-electron chi connectivity index (χ2n) is 6.92. The monoisotopic (exact) mass is 374 g/mol. The highest BCUT2D eigenvalue weighted by Crippen LogP contribution is 2.28. The summed E-state index contributed by atoms with van der Waals surface area (Å²) in [5.41, 5.74) is 5.43. The standard InChI is InChI=1S/C16H30N4O4S/c17-9-5-1-2-6-10-18-14(21)8-4-3-7-13-15-12(11-25(13,23)24)19-16(22)20-15/h12-13,15H,1-11,17H2,(H,18,21)(H2,19,20,22)/t12-,13-,15-/m0/s1. The van der Waals surface area contributed by atoms with E-state index in [4.69, 9.17) is 5.73 Å². The van der Waals surface area contributed by atoms with E-state index in [-0.39, 0.29) is 29.8 Å². The molecular weight excluding hydrogens is 344 g/mol. The summed E-state index contributed by atoms with van der Waals surface area (Å²) in [6.45, 7) is 1.40. The molecule has 25 heavy (non-hydrogen) atoms. The molecule has 8 nitrogen and oxygen atoms in total. The SMILES string of the molecule is NCCCCCCNC(=O)CCCC[C@H]1[C@H]2NC(=O)N[C@H]2CS1(=O)=O. The lowest BCUT2D eigenvalue weighted by Gasteiger charge is -2.16. The molecule has 3 atom stereocenters. The number of carbonyl (C=O) groups excluding carboxylic acids is 2. The molecule has 0 aromatic heterocycles. The molecule has 0 radical (unpaired) electrons. The lowest BCUT2D eigenvalue weighted by Crippen LogP contribution is -2.39. The highest BCUT2D eigenvalue weighted by atomic mass is 32.2. The number of sulfone groups is 1. The van der Waals surface area contributed by atoms with Gasteiger partial charge in [-0.3, -0.25) is 4.79 Å². The normalized spacial score (nSPS) is 26.8. The third-order valence-corrected chi connectivity index (χ3v) is 7.19. The lowest BCUT2D eigenvalue weighted by molar-refractivity contribution is -0.121. The minimum Gasteiger partial charge on any atom is -0.356 e. The van der Waals surface area contributed by atoms with Crippen LogP contribution in [0, 0.1) is 0 Å². The molecule has 2 heterocycles. The Hall–Kier alpha value is -1.35. The lowest BCUT2D eigenvalue weighted by atomic mass is 10.0. The quantitative estimate of drug-likeness (QED) is 0.299. The first kappa shape index (κ1) is 20.0. The Balaban J connectivity index is 1.59. The van der Waals surface area contributed by atoms with Crippen molar-refractivity contribution in [1.82, 2.24) is 16.0 Å². The highest BCUT2D eigenvalue weighted by Gasteiger charge is 2.51. The van der Waals surface area contributed by atoms with E-state index in [1.165, 1.54) is 0 Å². The minimum atomic E-state index is -3.18. The van der Waals surface area contributed by atoms with Gasteiger partial charge in [-0.15, -0.1) is 0 Å². The molecule has 2 aliphatic heterocycles. The number of carbonyl (C=O) groups is 2. The van der Waals surface area contributed by atoms with Crippen LogP contribution in [0.25, 0.3) is 0 Å². The van der Waals surface area contributed by atoms with E-state index in [9.17, 15) is 18.0 Å². The van der Waals surface area contributed by atoms with Crippen molar-refractivity contribution in [2.75, 3.05) is 18.8 Å². The van der Waals surface area contributed by atoms with Gasteiger partial charge in [0.2, 0.25) is 5.91 Å². The Morgan fingerprint density at radius 3 is 2.64 bits per heavy atom. The van der Waals surface area contributed by atoms with Gasteiger partial charge in [0, 0.05) is 13.0 Å². The Labute approximate surface area is 149 Å². The van der Waals surface area contributed by atoms with E-state index in [0.717, 1.165) is 25.7 Å². The first-order valence-corrected chi connectivity index (χ1v) is 10.9. The molecule has 0 unspecified atom stereocenters. The Morgan fingerprint density at radius 1 is 1.12 bits per heavy atom. The van der Waals surface area contributed by atoms with Crippen LogP contribution < -0.4 is 21.7 Å². The summed E-state index contributed by atoms with van der Waals surface area (Å²) in [6, 6.07) is -0.939. The number of urea groups is 1. The van der Waals surface area contributed by atoms with Crippen LogP contribution >= 0.6 is 0 Å². The first-order valence-electron chi connectivity index (χ1n) is 9.19. The van der Waals surface area contributed by atoms with E-state index < -0.39 is 15.1 Å². The number of fused-ring (bicyclic) bond motifs is 1. The van der Waals surface area contributed by atoms with E-state index in [1.54, 1.807) is 0 Å². The Bertz CT molecular complexity index is 566. The molecule has 0 saturated carbocycles. The summed E-state index contributed by atoms with van der Waals surface area (Å²) >= 11 is 0. The summed E-state index contributed by atoms with van der Waals surface area (Å²) in [6.07, 6.45) is 6.36. The van der Waals surface area contributed by atoms with Crippen LogP contribution in [0.3, 0.4) is 0 Å². The summed E-state index contributed by atoms with van der Waals surface area (Å²) in [5, 5.41) is 7.71. The number of nitrogens with one attached hydrogen (secondary N) is 3. The van der Waals surface area contributed by atoms with Crippen LogP contribution in [-0.2, 0) is 14.6 Å². The highest BCUT2D eigenvalue weighted by molar-refractivity contribution is 7.92. The number of nitrogens with two attached hydrogens (primary N) is 1. The molecule has 0 spiro atoms. The summed E-state index contributed by atoms with van der Waals surface area (Å²) in [7, 11) is -3.18. The van der Waals surface area contributed by atoms with Crippen molar-refractivity contribution in [1.29, 1.82) is 0 Å². The van der Waals surface area contributed by atoms with Gasteiger partial charge in [0.15, 0.2) is 9.84 Å². The third-order valence-electron chi connectivity index (χ3n) is 4.92. The van der Waals surface area contributed by atoms with Crippen molar-refractivity contribution in [3.8, 4) is 0 Å². The van der Waals surface area contributed by atoms with Gasteiger partial charge < -0.3 is 21.7 Å². The maximum atomic E-state index is 12.2. The maximum absolute atomic E-state index is 12.2. The largest absolute Gasteiger partial charge is 0.356 e. The zero-order valence-electron chi connectivity index (χ0n) is 14.6. The molecular formula is C16H30N4O4S. The number of hydrogen-bond acceptors (Lipinski definition) is 5. The molecule has 2 fully saturated rings. The van der Waals surface area contributed by atoms with Gasteiger partial charge in [0.25, 0.3) is 0 Å². The fourth-order valence-corrected chi connectivity index (χ4v) is 5.84. The zero-order valence-corrected chi connectivity index (χ0v) is 15.4. The minimum absolute atomic E-state index is 0.00567. The van der Waals surface area contributed by atoms with Crippen molar-refractivity contribution in [2.45, 2.75) is 68.7 Å². The molecule has 144 valence electrons. The molecule has 0 aromatic rings. The second-order valence-corrected chi connectivity index (χ2v) is 9.18. The molecule has 2 saturated heterocycles. The number of amides is 3. The van der Waals surface area contributed by atoms with Crippen LogP contribution in [0.5, 0.6) is 0 Å². The predicted octanol–water partition coefficient (Wildman–Crippen LogP) is 0.0291. The third kappa shape index (κ3) is 5.85. The molecule has 5 N–H and O–H groups in total. The topological polar surface area (TPSA) is 130 Å². The van der Waals surface area contributed by atoms with Gasteiger partial charge in [-0.1, -0.05) is 19.3 Å².